The molecule has 3 aromatic heterocycles. The van der Waals surface area contributed by atoms with E-state index in [4.69, 9.17) is 4.52 Å². The normalized spacial score (nSPS) is 11.5. The smallest absolute Gasteiger partial charge is 0.276 e. The molecule has 3 heterocycles. The van der Waals surface area contributed by atoms with Crippen molar-refractivity contribution in [3.05, 3.63) is 54.7 Å². The molecule has 0 aliphatic carbocycles. The molecule has 0 spiro atoms. The number of guanidine groups is 1. The summed E-state index contributed by atoms with van der Waals surface area (Å²) in [7, 11) is 1.75. The zero-order valence-corrected chi connectivity index (χ0v) is 14.1. The molecule has 8 nitrogen and oxygen atoms in total. The van der Waals surface area contributed by atoms with Crippen molar-refractivity contribution in [3.8, 4) is 11.6 Å². The lowest BCUT2D eigenvalue weighted by Gasteiger charge is -2.11. The van der Waals surface area contributed by atoms with Gasteiger partial charge in [-0.2, -0.15) is 4.98 Å². The van der Waals surface area contributed by atoms with E-state index in [1.807, 2.05) is 42.7 Å². The summed E-state index contributed by atoms with van der Waals surface area (Å²) in [6.45, 7) is 2.33. The first-order chi connectivity index (χ1) is 12.3. The average Bonchev–Trinajstić information content (AvgIpc) is 3.33. The first-order valence-electron chi connectivity index (χ1n) is 8.14. The molecule has 0 amide bonds. The van der Waals surface area contributed by atoms with Gasteiger partial charge in [-0.3, -0.25) is 9.98 Å². The molecule has 130 valence electrons. The van der Waals surface area contributed by atoms with Crippen molar-refractivity contribution < 1.29 is 4.52 Å². The quantitative estimate of drug-likeness (QED) is 0.498. The zero-order chi connectivity index (χ0) is 17.3. The molecule has 0 bridgehead atoms. The second kappa shape index (κ2) is 8.62. The van der Waals surface area contributed by atoms with Crippen molar-refractivity contribution in [3.63, 3.8) is 0 Å². The predicted molar refractivity (Wildman–Crippen MR) is 95.0 cm³/mol. The number of hydrogen-bond donors (Lipinski definition) is 2. The Hall–Kier alpha value is -3.16. The number of aliphatic imine (C=N–C) groups is 1. The van der Waals surface area contributed by atoms with E-state index in [0.717, 1.165) is 19.0 Å². The minimum atomic E-state index is 0.435. The van der Waals surface area contributed by atoms with Gasteiger partial charge >= 0.3 is 0 Å². The maximum absolute atomic E-state index is 5.24. The van der Waals surface area contributed by atoms with E-state index < -0.39 is 0 Å². The number of nitrogens with zero attached hydrogens (tertiary/aromatic N) is 5. The van der Waals surface area contributed by atoms with E-state index in [2.05, 4.69) is 35.3 Å². The second-order valence-electron chi connectivity index (χ2n) is 5.33. The molecule has 3 aromatic rings. The first-order valence-corrected chi connectivity index (χ1v) is 8.14. The molecule has 8 heteroatoms. The maximum Gasteiger partial charge on any atom is 0.276 e. The number of pyridine rings is 1. The van der Waals surface area contributed by atoms with Gasteiger partial charge in [-0.25, -0.2) is 0 Å². The lowest BCUT2D eigenvalue weighted by atomic mass is 10.3. The van der Waals surface area contributed by atoms with Gasteiger partial charge in [-0.05, 0) is 24.3 Å². The summed E-state index contributed by atoms with van der Waals surface area (Å²) in [6.07, 6.45) is 6.40. The molecule has 2 N–H and O–H groups in total. The summed E-state index contributed by atoms with van der Waals surface area (Å²) < 4.78 is 7.35. The molecule has 0 unspecified atom stereocenters. The molecule has 0 aliphatic heterocycles. The van der Waals surface area contributed by atoms with Crippen molar-refractivity contribution >= 4 is 5.96 Å². The Kier molecular flexibility index (Phi) is 5.76. The van der Waals surface area contributed by atoms with Crippen LogP contribution in [-0.2, 0) is 13.0 Å². The van der Waals surface area contributed by atoms with Crippen LogP contribution in [0.4, 0.5) is 0 Å². The van der Waals surface area contributed by atoms with Gasteiger partial charge in [0.25, 0.3) is 5.89 Å². The highest BCUT2D eigenvalue weighted by atomic mass is 16.5. The van der Waals surface area contributed by atoms with Crippen molar-refractivity contribution in [2.45, 2.75) is 13.0 Å². The minimum absolute atomic E-state index is 0.435. The standard InChI is InChI=1S/C17H21N7O/c1-18-17(21-10-13-24-11-4-5-12-24)20-9-7-15-22-16(25-23-15)14-6-2-3-8-19-14/h2-6,8,11-12H,7,9-10,13H2,1H3,(H2,18,20,21). The van der Waals surface area contributed by atoms with Gasteiger partial charge in [-0.15, -0.1) is 0 Å². The molecule has 0 saturated heterocycles. The number of hydrogen-bond acceptors (Lipinski definition) is 5. The monoisotopic (exact) mass is 339 g/mol. The number of nitrogens with one attached hydrogen (secondary N) is 2. The van der Waals surface area contributed by atoms with Gasteiger partial charge < -0.3 is 19.7 Å². The third kappa shape index (κ3) is 4.90. The summed E-state index contributed by atoms with van der Waals surface area (Å²) in [6, 6.07) is 9.59. The van der Waals surface area contributed by atoms with Crippen LogP contribution in [0.5, 0.6) is 0 Å². The fourth-order valence-corrected chi connectivity index (χ4v) is 2.28. The van der Waals surface area contributed by atoms with Gasteiger partial charge in [0.05, 0.1) is 0 Å². The molecule has 0 atom stereocenters. The van der Waals surface area contributed by atoms with Crippen LogP contribution in [0.3, 0.4) is 0 Å². The number of aromatic nitrogens is 4. The Balaban J connectivity index is 1.41. The summed E-state index contributed by atoms with van der Waals surface area (Å²) in [5.74, 6) is 1.82. The average molecular weight is 339 g/mol. The molecular weight excluding hydrogens is 318 g/mol. The third-order valence-corrected chi connectivity index (χ3v) is 3.55. The van der Waals surface area contributed by atoms with E-state index in [-0.39, 0.29) is 0 Å². The Morgan fingerprint density at radius 2 is 2.00 bits per heavy atom. The van der Waals surface area contributed by atoms with E-state index in [9.17, 15) is 0 Å². The van der Waals surface area contributed by atoms with Crippen LogP contribution in [0.2, 0.25) is 0 Å². The van der Waals surface area contributed by atoms with Crippen LogP contribution in [0.1, 0.15) is 5.82 Å². The molecule has 0 radical (unpaired) electrons. The summed E-state index contributed by atoms with van der Waals surface area (Å²) in [5.41, 5.74) is 0.677. The van der Waals surface area contributed by atoms with Gasteiger partial charge in [0.2, 0.25) is 0 Å². The van der Waals surface area contributed by atoms with Crippen LogP contribution in [0, 0.1) is 0 Å². The first kappa shape index (κ1) is 16.7. The van der Waals surface area contributed by atoms with Gasteiger partial charge in [0.1, 0.15) is 5.69 Å². The largest absolute Gasteiger partial charge is 0.356 e. The molecule has 0 saturated carbocycles. The maximum atomic E-state index is 5.24. The van der Waals surface area contributed by atoms with Gasteiger partial charge in [0, 0.05) is 51.7 Å². The van der Waals surface area contributed by atoms with E-state index >= 15 is 0 Å². The molecule has 25 heavy (non-hydrogen) atoms. The zero-order valence-electron chi connectivity index (χ0n) is 14.1. The van der Waals surface area contributed by atoms with E-state index in [1.54, 1.807) is 13.2 Å². The van der Waals surface area contributed by atoms with E-state index in [0.29, 0.717) is 30.4 Å². The molecule has 3 rings (SSSR count). The van der Waals surface area contributed by atoms with Gasteiger partial charge in [0.15, 0.2) is 11.8 Å². The Labute approximate surface area is 146 Å². The van der Waals surface area contributed by atoms with Gasteiger partial charge in [-0.1, -0.05) is 11.2 Å². The molecular formula is C17H21N7O. The minimum Gasteiger partial charge on any atom is -0.356 e. The third-order valence-electron chi connectivity index (χ3n) is 3.55. The fraction of sp³-hybridized carbons (Fsp3) is 0.294. The molecule has 0 fully saturated rings. The molecule has 0 aliphatic rings. The second-order valence-corrected chi connectivity index (χ2v) is 5.33. The summed E-state index contributed by atoms with van der Waals surface area (Å²) >= 11 is 0. The fourth-order valence-electron chi connectivity index (χ4n) is 2.28. The van der Waals surface area contributed by atoms with Crippen LogP contribution >= 0.6 is 0 Å². The summed E-state index contributed by atoms with van der Waals surface area (Å²) in [5, 5.41) is 10.5. The molecule has 0 aromatic carbocycles. The van der Waals surface area contributed by atoms with Crippen molar-refractivity contribution in [2.24, 2.45) is 4.99 Å². The van der Waals surface area contributed by atoms with Crippen LogP contribution < -0.4 is 10.6 Å². The Bertz CT molecular complexity index is 780. The van der Waals surface area contributed by atoms with E-state index in [1.165, 1.54) is 0 Å². The summed E-state index contributed by atoms with van der Waals surface area (Å²) in [4.78, 5) is 12.8. The Morgan fingerprint density at radius 1 is 1.16 bits per heavy atom. The number of rotatable bonds is 7. The van der Waals surface area contributed by atoms with Crippen molar-refractivity contribution in [1.29, 1.82) is 0 Å². The van der Waals surface area contributed by atoms with Crippen molar-refractivity contribution in [2.75, 3.05) is 20.1 Å². The highest BCUT2D eigenvalue weighted by molar-refractivity contribution is 5.79. The van der Waals surface area contributed by atoms with Crippen LogP contribution in [0.25, 0.3) is 11.6 Å². The Morgan fingerprint density at radius 3 is 2.76 bits per heavy atom. The van der Waals surface area contributed by atoms with Crippen LogP contribution in [-0.4, -0.2) is 45.8 Å². The lowest BCUT2D eigenvalue weighted by Crippen LogP contribution is -2.39. The highest BCUT2D eigenvalue weighted by Gasteiger charge is 2.09. The topological polar surface area (TPSA) is 93.2 Å². The SMILES string of the molecule is CN=C(NCCc1noc(-c2ccccn2)n1)NCCn1cccc1. The predicted octanol–water partition coefficient (Wildman–Crippen LogP) is 1.34. The highest BCUT2D eigenvalue weighted by Crippen LogP contribution is 2.12. The lowest BCUT2D eigenvalue weighted by molar-refractivity contribution is 0.421. The van der Waals surface area contributed by atoms with Crippen LogP contribution in [0.15, 0.2) is 58.4 Å². The van der Waals surface area contributed by atoms with Crippen molar-refractivity contribution in [1.82, 2.24) is 30.3 Å².